The van der Waals surface area contributed by atoms with E-state index in [4.69, 9.17) is 16.3 Å². The highest BCUT2D eigenvalue weighted by atomic mass is 35.5. The third-order valence-electron chi connectivity index (χ3n) is 4.45. The van der Waals surface area contributed by atoms with Crippen molar-refractivity contribution in [2.24, 2.45) is 0 Å². The number of nitrogens with zero attached hydrogens (tertiary/aromatic N) is 4. The first-order chi connectivity index (χ1) is 14.4. The number of rotatable bonds is 5. The molecule has 0 unspecified atom stereocenters. The van der Waals surface area contributed by atoms with Crippen molar-refractivity contribution >= 4 is 39.7 Å². The van der Waals surface area contributed by atoms with Gasteiger partial charge in [-0.1, -0.05) is 35.9 Å². The van der Waals surface area contributed by atoms with E-state index in [-0.39, 0.29) is 17.4 Å². The van der Waals surface area contributed by atoms with E-state index in [1.54, 1.807) is 30.3 Å². The van der Waals surface area contributed by atoms with Crippen molar-refractivity contribution in [1.82, 2.24) is 15.0 Å². The average Bonchev–Trinajstić information content (AvgIpc) is 2.71. The number of hydrogen-bond donors (Lipinski definition) is 1. The van der Waals surface area contributed by atoms with Crippen molar-refractivity contribution in [1.29, 1.82) is 0 Å². The van der Waals surface area contributed by atoms with Crippen molar-refractivity contribution in [2.75, 3.05) is 5.32 Å². The van der Waals surface area contributed by atoms with Crippen molar-refractivity contribution < 1.29 is 9.66 Å². The van der Waals surface area contributed by atoms with Crippen LogP contribution >= 0.6 is 11.6 Å². The first kappa shape index (κ1) is 19.5. The fourth-order valence-electron chi connectivity index (χ4n) is 2.95. The third kappa shape index (κ3) is 3.85. The van der Waals surface area contributed by atoms with Gasteiger partial charge in [0.15, 0.2) is 5.75 Å². The zero-order valence-electron chi connectivity index (χ0n) is 16.1. The summed E-state index contributed by atoms with van der Waals surface area (Å²) in [6.07, 6.45) is 1.20. The number of ether oxygens (including phenoxy) is 1. The van der Waals surface area contributed by atoms with Crippen LogP contribution in [0.2, 0.25) is 5.02 Å². The van der Waals surface area contributed by atoms with Crippen molar-refractivity contribution in [3.05, 3.63) is 81.3 Å². The summed E-state index contributed by atoms with van der Waals surface area (Å²) < 4.78 is 5.85. The van der Waals surface area contributed by atoms with Crippen LogP contribution in [0.25, 0.3) is 10.9 Å². The van der Waals surface area contributed by atoms with E-state index in [9.17, 15) is 10.1 Å². The van der Waals surface area contributed by atoms with E-state index in [2.05, 4.69) is 20.3 Å². The Labute approximate surface area is 176 Å². The molecule has 30 heavy (non-hydrogen) atoms. The molecule has 0 bridgehead atoms. The van der Waals surface area contributed by atoms with Gasteiger partial charge in [0.25, 0.3) is 0 Å². The van der Waals surface area contributed by atoms with Crippen LogP contribution in [0.15, 0.2) is 54.9 Å². The molecule has 0 atom stereocenters. The summed E-state index contributed by atoms with van der Waals surface area (Å²) in [7, 11) is 0. The van der Waals surface area contributed by atoms with Gasteiger partial charge in [-0.05, 0) is 43.7 Å². The first-order valence-corrected chi connectivity index (χ1v) is 9.37. The Morgan fingerprint density at radius 2 is 1.93 bits per heavy atom. The normalized spacial score (nSPS) is 10.8. The van der Waals surface area contributed by atoms with E-state index >= 15 is 0 Å². The van der Waals surface area contributed by atoms with E-state index < -0.39 is 4.92 Å². The third-order valence-corrected chi connectivity index (χ3v) is 4.69. The number of pyridine rings is 1. The molecule has 0 saturated heterocycles. The molecule has 9 heteroatoms. The summed E-state index contributed by atoms with van der Waals surface area (Å²) in [6.45, 7) is 3.71. The predicted molar refractivity (Wildman–Crippen MR) is 115 cm³/mol. The highest BCUT2D eigenvalue weighted by molar-refractivity contribution is 6.30. The summed E-state index contributed by atoms with van der Waals surface area (Å²) >= 11 is 6.05. The number of para-hydroxylation sites is 1. The van der Waals surface area contributed by atoms with E-state index in [1.165, 1.54) is 6.33 Å². The van der Waals surface area contributed by atoms with Gasteiger partial charge in [0.2, 0.25) is 5.82 Å². The quantitative estimate of drug-likeness (QED) is 0.323. The highest BCUT2D eigenvalue weighted by Gasteiger charge is 2.26. The largest absolute Gasteiger partial charge is 0.431 e. The Hall–Kier alpha value is -3.78. The number of hydrogen-bond acceptors (Lipinski definition) is 7. The summed E-state index contributed by atoms with van der Waals surface area (Å²) in [5, 5.41) is 16.2. The van der Waals surface area contributed by atoms with Crippen LogP contribution in [-0.4, -0.2) is 19.9 Å². The van der Waals surface area contributed by atoms with Gasteiger partial charge in [0, 0.05) is 21.8 Å². The molecule has 0 fully saturated rings. The molecule has 0 saturated carbocycles. The fourth-order valence-corrected chi connectivity index (χ4v) is 3.13. The number of fused-ring (bicyclic) bond motifs is 1. The minimum absolute atomic E-state index is 0.000238. The molecule has 4 aromatic rings. The molecular weight excluding hydrogens is 406 g/mol. The number of nitro groups is 1. The molecule has 0 spiro atoms. The maximum absolute atomic E-state index is 11.9. The maximum atomic E-state index is 11.9. The number of aryl methyl sites for hydroxylation is 2. The van der Waals surface area contributed by atoms with Gasteiger partial charge >= 0.3 is 11.6 Å². The number of benzene rings is 2. The molecular formula is C21H16ClN5O3. The topological polar surface area (TPSA) is 103 Å². The lowest BCUT2D eigenvalue weighted by atomic mass is 10.2. The van der Waals surface area contributed by atoms with Crippen molar-refractivity contribution in [2.45, 2.75) is 13.8 Å². The summed E-state index contributed by atoms with van der Waals surface area (Å²) in [5.41, 5.74) is 2.45. The minimum Gasteiger partial charge on any atom is -0.431 e. The van der Waals surface area contributed by atoms with Crippen molar-refractivity contribution in [3.8, 4) is 11.6 Å². The summed E-state index contributed by atoms with van der Waals surface area (Å²) in [6, 6.07) is 14.4. The molecule has 2 aromatic heterocycles. The van der Waals surface area contributed by atoms with Gasteiger partial charge in [0.1, 0.15) is 11.8 Å². The Balaban J connectivity index is 1.78. The maximum Gasteiger partial charge on any atom is 0.373 e. The van der Waals surface area contributed by atoms with Crippen molar-refractivity contribution in [3.63, 3.8) is 0 Å². The van der Waals surface area contributed by atoms with Gasteiger partial charge in [-0.3, -0.25) is 10.1 Å². The summed E-state index contributed by atoms with van der Waals surface area (Å²) in [5.74, 6) is 0.176. The molecule has 150 valence electrons. The molecule has 0 amide bonds. The second-order valence-corrected chi connectivity index (χ2v) is 7.04. The van der Waals surface area contributed by atoms with E-state index in [0.717, 1.165) is 16.6 Å². The zero-order chi connectivity index (χ0) is 21.3. The molecule has 4 rings (SSSR count). The monoisotopic (exact) mass is 421 g/mol. The van der Waals surface area contributed by atoms with Crippen LogP contribution in [-0.2, 0) is 0 Å². The van der Waals surface area contributed by atoms with Crippen LogP contribution in [0.1, 0.15) is 11.3 Å². The smallest absolute Gasteiger partial charge is 0.373 e. The van der Waals surface area contributed by atoms with Crippen LogP contribution in [0.4, 0.5) is 17.2 Å². The fraction of sp³-hybridized carbons (Fsp3) is 0.0952. The molecule has 0 aliphatic heterocycles. The van der Waals surface area contributed by atoms with E-state index in [0.29, 0.717) is 22.0 Å². The van der Waals surface area contributed by atoms with Crippen LogP contribution in [0, 0.1) is 24.0 Å². The summed E-state index contributed by atoms with van der Waals surface area (Å²) in [4.78, 5) is 23.8. The second kappa shape index (κ2) is 7.92. The molecule has 8 nitrogen and oxygen atoms in total. The minimum atomic E-state index is -0.582. The Morgan fingerprint density at radius 3 is 2.73 bits per heavy atom. The Bertz CT molecular complexity index is 1280. The lowest BCUT2D eigenvalue weighted by Gasteiger charge is -2.12. The first-order valence-electron chi connectivity index (χ1n) is 8.99. The highest BCUT2D eigenvalue weighted by Crippen LogP contribution is 2.37. The SMILES string of the molecule is Cc1ccc2cccc(Oc3ncnc(Nc4cc(Cl)ccc4C)c3[N+](=O)[O-])c2n1. The molecule has 2 aromatic carbocycles. The molecule has 0 aliphatic carbocycles. The standard InChI is InChI=1S/C21H16ClN5O3/c1-12-6-9-15(22)10-16(12)26-20-19(27(28)29)21(24-11-23-20)30-17-5-3-4-14-8-7-13(2)25-18(14)17/h3-11H,1-2H3,(H,23,24,26). The van der Waals surface area contributed by atoms with Gasteiger partial charge in [0.05, 0.1) is 4.92 Å². The zero-order valence-corrected chi connectivity index (χ0v) is 16.8. The molecule has 2 heterocycles. The number of aromatic nitrogens is 3. The van der Waals surface area contributed by atoms with Crippen LogP contribution in [0.5, 0.6) is 11.6 Å². The number of anilines is 2. The van der Waals surface area contributed by atoms with Gasteiger partial charge < -0.3 is 10.1 Å². The molecule has 0 radical (unpaired) electrons. The predicted octanol–water partition coefficient (Wildman–Crippen LogP) is 5.74. The Morgan fingerprint density at radius 1 is 1.10 bits per heavy atom. The Kier molecular flexibility index (Phi) is 5.16. The second-order valence-electron chi connectivity index (χ2n) is 6.60. The number of halogens is 1. The number of nitrogens with one attached hydrogen (secondary N) is 1. The lowest BCUT2D eigenvalue weighted by molar-refractivity contribution is -0.385. The van der Waals surface area contributed by atoms with Crippen LogP contribution in [0.3, 0.4) is 0 Å². The van der Waals surface area contributed by atoms with E-state index in [1.807, 2.05) is 32.0 Å². The lowest BCUT2D eigenvalue weighted by Crippen LogP contribution is -2.04. The van der Waals surface area contributed by atoms with Gasteiger partial charge in [-0.25, -0.2) is 9.97 Å². The van der Waals surface area contributed by atoms with Gasteiger partial charge in [-0.2, -0.15) is 4.98 Å². The van der Waals surface area contributed by atoms with Gasteiger partial charge in [-0.15, -0.1) is 0 Å². The molecule has 0 aliphatic rings. The molecule has 1 N–H and O–H groups in total. The van der Waals surface area contributed by atoms with Crippen LogP contribution < -0.4 is 10.1 Å². The average molecular weight is 422 g/mol.